The van der Waals surface area contributed by atoms with Crippen LogP contribution in [0.15, 0.2) is 0 Å². The molecule has 4 heteroatoms. The van der Waals surface area contributed by atoms with Crippen molar-refractivity contribution in [1.82, 2.24) is 5.32 Å². The number of rotatable bonds is 5. The lowest BCUT2D eigenvalue weighted by molar-refractivity contribution is -0.146. The Bertz CT molecular complexity index is 288. The van der Waals surface area contributed by atoms with Crippen molar-refractivity contribution in [1.29, 1.82) is 0 Å². The lowest BCUT2D eigenvalue weighted by atomic mass is 9.94. The van der Waals surface area contributed by atoms with Gasteiger partial charge in [-0.25, -0.2) is 0 Å². The minimum atomic E-state index is -0.834. The number of carbonyl (C=O) groups is 2. The number of amides is 1. The van der Waals surface area contributed by atoms with Crippen molar-refractivity contribution in [2.75, 3.05) is 0 Å². The Balaban J connectivity index is 2.49. The predicted molar refractivity (Wildman–Crippen MR) is 65.5 cm³/mol. The van der Waals surface area contributed by atoms with E-state index in [1.807, 2.05) is 6.92 Å². The molecular formula is C13H23NO3. The van der Waals surface area contributed by atoms with Crippen molar-refractivity contribution in [2.24, 2.45) is 17.8 Å². The molecule has 98 valence electrons. The van der Waals surface area contributed by atoms with Gasteiger partial charge in [0.1, 0.15) is 0 Å². The standard InChI is InChI=1S/C13H23NO3/c1-8(2)7-9(3)14-12(15)10-5-4-6-11(10)13(16)17/h8-11H,4-7H2,1-3H3,(H,14,15)(H,16,17). The molecule has 1 rings (SSSR count). The molecule has 3 atom stereocenters. The van der Waals surface area contributed by atoms with E-state index in [4.69, 9.17) is 5.11 Å². The lowest BCUT2D eigenvalue weighted by Gasteiger charge is -2.20. The maximum Gasteiger partial charge on any atom is 0.307 e. The molecular weight excluding hydrogens is 218 g/mol. The number of carboxylic acids is 1. The van der Waals surface area contributed by atoms with E-state index in [0.717, 1.165) is 12.8 Å². The molecule has 0 bridgehead atoms. The SMILES string of the molecule is CC(C)CC(C)NC(=O)C1CCCC1C(=O)O. The van der Waals surface area contributed by atoms with Crippen LogP contribution in [-0.4, -0.2) is 23.0 Å². The summed E-state index contributed by atoms with van der Waals surface area (Å²) in [5, 5.41) is 12.0. The molecule has 1 fully saturated rings. The largest absolute Gasteiger partial charge is 0.481 e. The second-order valence-electron chi connectivity index (χ2n) is 5.52. The number of hydrogen-bond acceptors (Lipinski definition) is 2. The summed E-state index contributed by atoms with van der Waals surface area (Å²) >= 11 is 0. The van der Waals surface area contributed by atoms with Crippen molar-refractivity contribution in [3.8, 4) is 0 Å². The predicted octanol–water partition coefficient (Wildman–Crippen LogP) is 2.04. The Hall–Kier alpha value is -1.06. The van der Waals surface area contributed by atoms with Gasteiger partial charge in [0, 0.05) is 6.04 Å². The molecule has 1 aliphatic rings. The van der Waals surface area contributed by atoms with Gasteiger partial charge in [-0.2, -0.15) is 0 Å². The Labute approximate surface area is 103 Å². The van der Waals surface area contributed by atoms with Crippen LogP contribution in [0.2, 0.25) is 0 Å². The molecule has 0 saturated heterocycles. The summed E-state index contributed by atoms with van der Waals surface area (Å²) in [6.07, 6.45) is 3.10. The van der Waals surface area contributed by atoms with Crippen molar-refractivity contribution >= 4 is 11.9 Å². The molecule has 0 radical (unpaired) electrons. The highest BCUT2D eigenvalue weighted by Crippen LogP contribution is 2.32. The second-order valence-corrected chi connectivity index (χ2v) is 5.52. The van der Waals surface area contributed by atoms with Gasteiger partial charge in [0.25, 0.3) is 0 Å². The van der Waals surface area contributed by atoms with E-state index in [1.54, 1.807) is 0 Å². The maximum absolute atomic E-state index is 12.0. The molecule has 0 heterocycles. The van der Waals surface area contributed by atoms with Gasteiger partial charge in [-0.05, 0) is 32.1 Å². The van der Waals surface area contributed by atoms with Gasteiger partial charge in [0.05, 0.1) is 11.8 Å². The fourth-order valence-corrected chi connectivity index (χ4v) is 2.69. The van der Waals surface area contributed by atoms with E-state index in [1.165, 1.54) is 0 Å². The molecule has 0 aromatic carbocycles. The van der Waals surface area contributed by atoms with Crippen LogP contribution in [0.4, 0.5) is 0 Å². The Morgan fingerprint density at radius 2 is 1.82 bits per heavy atom. The van der Waals surface area contributed by atoms with E-state index < -0.39 is 11.9 Å². The highest BCUT2D eigenvalue weighted by molar-refractivity contribution is 5.85. The van der Waals surface area contributed by atoms with Gasteiger partial charge in [-0.1, -0.05) is 20.3 Å². The van der Waals surface area contributed by atoms with Crippen LogP contribution in [0.25, 0.3) is 0 Å². The summed E-state index contributed by atoms with van der Waals surface area (Å²) in [5.41, 5.74) is 0. The third-order valence-corrected chi connectivity index (χ3v) is 3.38. The molecule has 0 spiro atoms. The molecule has 0 aromatic heterocycles. The monoisotopic (exact) mass is 241 g/mol. The summed E-state index contributed by atoms with van der Waals surface area (Å²) in [6, 6.07) is 0.123. The quantitative estimate of drug-likeness (QED) is 0.774. The van der Waals surface area contributed by atoms with E-state index >= 15 is 0 Å². The second kappa shape index (κ2) is 6.03. The van der Waals surface area contributed by atoms with Crippen LogP contribution < -0.4 is 5.32 Å². The Morgan fingerprint density at radius 1 is 1.24 bits per heavy atom. The van der Waals surface area contributed by atoms with Gasteiger partial charge in [0.15, 0.2) is 0 Å². The van der Waals surface area contributed by atoms with Crippen LogP contribution in [0.1, 0.15) is 46.5 Å². The molecule has 17 heavy (non-hydrogen) atoms. The van der Waals surface area contributed by atoms with E-state index in [2.05, 4.69) is 19.2 Å². The minimum absolute atomic E-state index is 0.0805. The number of carbonyl (C=O) groups excluding carboxylic acids is 1. The topological polar surface area (TPSA) is 66.4 Å². The molecule has 0 aromatic rings. The third kappa shape index (κ3) is 4.02. The first-order valence-corrected chi connectivity index (χ1v) is 6.45. The third-order valence-electron chi connectivity index (χ3n) is 3.38. The zero-order chi connectivity index (χ0) is 13.0. The smallest absolute Gasteiger partial charge is 0.307 e. The molecule has 1 aliphatic carbocycles. The average molecular weight is 241 g/mol. The van der Waals surface area contributed by atoms with Gasteiger partial charge in [-0.3, -0.25) is 9.59 Å². The number of nitrogens with one attached hydrogen (secondary N) is 1. The zero-order valence-corrected chi connectivity index (χ0v) is 10.9. The van der Waals surface area contributed by atoms with Crippen LogP contribution in [0.5, 0.6) is 0 Å². The van der Waals surface area contributed by atoms with Crippen LogP contribution in [0, 0.1) is 17.8 Å². The van der Waals surface area contributed by atoms with Crippen molar-refractivity contribution in [2.45, 2.75) is 52.5 Å². The number of aliphatic carboxylic acids is 1. The number of hydrogen-bond donors (Lipinski definition) is 2. The summed E-state index contributed by atoms with van der Waals surface area (Å²) in [4.78, 5) is 23.0. The van der Waals surface area contributed by atoms with Crippen molar-refractivity contribution in [3.63, 3.8) is 0 Å². The molecule has 1 saturated carbocycles. The normalized spacial score (nSPS) is 25.9. The van der Waals surface area contributed by atoms with Crippen LogP contribution in [0.3, 0.4) is 0 Å². The average Bonchev–Trinajstić information content (AvgIpc) is 2.63. The fourth-order valence-electron chi connectivity index (χ4n) is 2.69. The molecule has 4 nitrogen and oxygen atoms in total. The van der Waals surface area contributed by atoms with Crippen molar-refractivity contribution < 1.29 is 14.7 Å². The van der Waals surface area contributed by atoms with E-state index in [-0.39, 0.29) is 17.9 Å². The lowest BCUT2D eigenvalue weighted by Crippen LogP contribution is -2.40. The number of carboxylic acid groups (broad SMARTS) is 1. The van der Waals surface area contributed by atoms with Gasteiger partial charge in [-0.15, -0.1) is 0 Å². The fraction of sp³-hybridized carbons (Fsp3) is 0.846. The highest BCUT2D eigenvalue weighted by Gasteiger charge is 2.37. The van der Waals surface area contributed by atoms with Crippen LogP contribution in [-0.2, 0) is 9.59 Å². The molecule has 1 amide bonds. The first-order chi connectivity index (χ1) is 7.91. The highest BCUT2D eigenvalue weighted by atomic mass is 16.4. The first-order valence-electron chi connectivity index (χ1n) is 6.45. The summed E-state index contributed by atoms with van der Waals surface area (Å²) < 4.78 is 0. The Kier molecular flexibility index (Phi) is 4.97. The van der Waals surface area contributed by atoms with Gasteiger partial charge in [0.2, 0.25) is 5.91 Å². The first kappa shape index (κ1) is 14.0. The van der Waals surface area contributed by atoms with Crippen molar-refractivity contribution in [3.05, 3.63) is 0 Å². The van der Waals surface area contributed by atoms with Crippen LogP contribution >= 0.6 is 0 Å². The van der Waals surface area contributed by atoms with Gasteiger partial charge < -0.3 is 10.4 Å². The molecule has 0 aliphatic heterocycles. The maximum atomic E-state index is 12.0. The minimum Gasteiger partial charge on any atom is -0.481 e. The van der Waals surface area contributed by atoms with E-state index in [0.29, 0.717) is 18.8 Å². The molecule has 3 unspecified atom stereocenters. The molecule has 2 N–H and O–H groups in total. The Morgan fingerprint density at radius 3 is 2.35 bits per heavy atom. The zero-order valence-electron chi connectivity index (χ0n) is 10.9. The van der Waals surface area contributed by atoms with E-state index in [9.17, 15) is 9.59 Å². The summed E-state index contributed by atoms with van der Waals surface area (Å²) in [7, 11) is 0. The van der Waals surface area contributed by atoms with Gasteiger partial charge >= 0.3 is 5.97 Å². The summed E-state index contributed by atoms with van der Waals surface area (Å²) in [5.74, 6) is -1.20. The summed E-state index contributed by atoms with van der Waals surface area (Å²) in [6.45, 7) is 6.19.